The fraction of sp³-hybridized carbons (Fsp3) is 0.316. The molecule has 0 radical (unpaired) electrons. The number of anilines is 1. The van der Waals surface area contributed by atoms with E-state index in [0.717, 1.165) is 30.2 Å². The minimum Gasteiger partial charge on any atom is -0.494 e. The number of methoxy groups -OCH3 is 1. The quantitative estimate of drug-likeness (QED) is 0.593. The van der Waals surface area contributed by atoms with Crippen molar-refractivity contribution in [2.75, 3.05) is 19.0 Å². The lowest BCUT2D eigenvalue weighted by Gasteiger charge is -2.15. The number of nitrogens with zero attached hydrogens (tertiary/aromatic N) is 2. The van der Waals surface area contributed by atoms with Crippen LogP contribution in [0.25, 0.3) is 0 Å². The number of amides is 1. The Morgan fingerprint density at radius 2 is 1.96 bits per heavy atom. The van der Waals surface area contributed by atoms with Gasteiger partial charge in [-0.15, -0.1) is 0 Å². The molecule has 142 valence electrons. The maximum absolute atomic E-state index is 13.7. The van der Waals surface area contributed by atoms with Gasteiger partial charge in [-0.05, 0) is 17.5 Å². The molecule has 1 aliphatic heterocycles. The molecule has 27 heavy (non-hydrogen) atoms. The summed E-state index contributed by atoms with van der Waals surface area (Å²) in [5.41, 5.74) is 1.77. The predicted octanol–water partition coefficient (Wildman–Crippen LogP) is 3.48. The van der Waals surface area contributed by atoms with Gasteiger partial charge in [0.1, 0.15) is 5.69 Å². The zero-order chi connectivity index (χ0) is 19.4. The molecule has 0 bridgehead atoms. The molecule has 0 aliphatic carbocycles. The number of nitrogens with one attached hydrogen (secondary N) is 1. The van der Waals surface area contributed by atoms with E-state index in [9.17, 15) is 19.3 Å². The number of halogens is 1. The first-order valence-electron chi connectivity index (χ1n) is 8.59. The molecule has 1 aliphatic rings. The Hall–Kier alpha value is -3.16. The molecule has 1 saturated heterocycles. The number of nitro groups is 1. The van der Waals surface area contributed by atoms with Crippen LogP contribution in [-0.2, 0) is 17.9 Å². The van der Waals surface area contributed by atoms with Crippen LogP contribution in [0.2, 0.25) is 0 Å². The topological polar surface area (TPSA) is 84.7 Å². The minimum absolute atomic E-state index is 0.0614. The van der Waals surface area contributed by atoms with E-state index >= 15 is 0 Å². The molecule has 1 N–H and O–H groups in total. The van der Waals surface area contributed by atoms with Gasteiger partial charge in [-0.1, -0.05) is 24.3 Å². The van der Waals surface area contributed by atoms with Crippen molar-refractivity contribution in [2.24, 2.45) is 0 Å². The van der Waals surface area contributed by atoms with E-state index in [0.29, 0.717) is 19.5 Å². The van der Waals surface area contributed by atoms with Gasteiger partial charge in [-0.2, -0.15) is 0 Å². The number of likely N-dealkylation sites (tertiary alicyclic amines) is 1. The van der Waals surface area contributed by atoms with Crippen LogP contribution >= 0.6 is 0 Å². The van der Waals surface area contributed by atoms with Crippen LogP contribution in [0, 0.1) is 15.9 Å². The van der Waals surface area contributed by atoms with Gasteiger partial charge < -0.3 is 15.0 Å². The molecule has 0 unspecified atom stereocenters. The Morgan fingerprint density at radius 1 is 1.26 bits per heavy atom. The largest absolute Gasteiger partial charge is 0.494 e. The third-order valence-electron chi connectivity index (χ3n) is 4.52. The Kier molecular flexibility index (Phi) is 5.54. The summed E-state index contributed by atoms with van der Waals surface area (Å²) in [6.07, 6.45) is 1.52. The third-order valence-corrected chi connectivity index (χ3v) is 4.52. The number of rotatable bonds is 7. The molecular formula is C19H20FN3O4. The molecule has 3 rings (SSSR count). The molecule has 1 amide bonds. The Labute approximate surface area is 155 Å². The zero-order valence-corrected chi connectivity index (χ0v) is 14.9. The molecule has 0 atom stereocenters. The standard InChI is InChI=1S/C19H20FN3O4/c1-27-18-10-16(17(23(25)26)9-15(18)20)21-11-13-4-6-14(7-5-13)12-22-8-2-3-19(22)24/h4-7,9-10,21H,2-3,8,11-12H2,1H3. The second-order valence-electron chi connectivity index (χ2n) is 6.35. The van der Waals surface area contributed by atoms with Crippen LogP contribution in [0.4, 0.5) is 15.8 Å². The number of ether oxygens (including phenoxy) is 1. The van der Waals surface area contributed by atoms with Gasteiger partial charge in [0.25, 0.3) is 5.69 Å². The molecule has 0 aromatic heterocycles. The highest BCUT2D eigenvalue weighted by Gasteiger charge is 2.20. The summed E-state index contributed by atoms with van der Waals surface area (Å²) in [4.78, 5) is 24.0. The van der Waals surface area contributed by atoms with E-state index in [1.54, 1.807) is 0 Å². The highest BCUT2D eigenvalue weighted by Crippen LogP contribution is 2.32. The molecule has 7 nitrogen and oxygen atoms in total. The molecular weight excluding hydrogens is 353 g/mol. The van der Waals surface area contributed by atoms with Crippen molar-refractivity contribution in [2.45, 2.75) is 25.9 Å². The van der Waals surface area contributed by atoms with Gasteiger partial charge in [-0.25, -0.2) is 4.39 Å². The molecule has 2 aromatic carbocycles. The smallest absolute Gasteiger partial charge is 0.295 e. The van der Waals surface area contributed by atoms with Gasteiger partial charge >= 0.3 is 0 Å². The van der Waals surface area contributed by atoms with Crippen molar-refractivity contribution in [1.29, 1.82) is 0 Å². The average Bonchev–Trinajstić information content (AvgIpc) is 3.06. The zero-order valence-electron chi connectivity index (χ0n) is 14.9. The Bertz CT molecular complexity index is 855. The lowest BCUT2D eigenvalue weighted by Crippen LogP contribution is -2.23. The van der Waals surface area contributed by atoms with Crippen LogP contribution in [0.1, 0.15) is 24.0 Å². The van der Waals surface area contributed by atoms with Gasteiger partial charge in [-0.3, -0.25) is 14.9 Å². The predicted molar refractivity (Wildman–Crippen MR) is 98.0 cm³/mol. The summed E-state index contributed by atoms with van der Waals surface area (Å²) < 4.78 is 18.6. The Morgan fingerprint density at radius 3 is 2.56 bits per heavy atom. The van der Waals surface area contributed by atoms with Crippen LogP contribution in [0.15, 0.2) is 36.4 Å². The number of carbonyl (C=O) groups excluding carboxylic acids is 1. The van der Waals surface area contributed by atoms with E-state index in [1.807, 2.05) is 29.2 Å². The van der Waals surface area contributed by atoms with Gasteiger partial charge in [0, 0.05) is 32.1 Å². The van der Waals surface area contributed by atoms with Crippen LogP contribution in [-0.4, -0.2) is 29.4 Å². The maximum Gasteiger partial charge on any atom is 0.295 e. The van der Waals surface area contributed by atoms with Gasteiger partial charge in [0.15, 0.2) is 11.6 Å². The summed E-state index contributed by atoms with van der Waals surface area (Å²) in [7, 11) is 1.30. The van der Waals surface area contributed by atoms with E-state index < -0.39 is 10.7 Å². The number of hydrogen-bond acceptors (Lipinski definition) is 5. The molecule has 1 fully saturated rings. The first-order chi connectivity index (χ1) is 13.0. The van der Waals surface area contributed by atoms with E-state index in [1.165, 1.54) is 13.2 Å². The number of benzene rings is 2. The molecule has 1 heterocycles. The molecule has 2 aromatic rings. The minimum atomic E-state index is -0.782. The lowest BCUT2D eigenvalue weighted by atomic mass is 10.1. The monoisotopic (exact) mass is 373 g/mol. The summed E-state index contributed by atoms with van der Waals surface area (Å²) in [5.74, 6) is -0.664. The van der Waals surface area contributed by atoms with Crippen molar-refractivity contribution < 1.29 is 18.8 Å². The SMILES string of the molecule is COc1cc(NCc2ccc(CN3CCCC3=O)cc2)c([N+](=O)[O-])cc1F. The number of nitro benzene ring substituents is 1. The van der Waals surface area contributed by atoms with Crippen LogP contribution in [0.3, 0.4) is 0 Å². The van der Waals surface area contributed by atoms with Crippen LogP contribution in [0.5, 0.6) is 5.75 Å². The van der Waals surface area contributed by atoms with Crippen molar-refractivity contribution in [1.82, 2.24) is 4.90 Å². The Balaban J connectivity index is 1.68. The molecule has 8 heteroatoms. The van der Waals surface area contributed by atoms with Crippen molar-refractivity contribution in [3.8, 4) is 5.75 Å². The highest BCUT2D eigenvalue weighted by atomic mass is 19.1. The third kappa shape index (κ3) is 4.33. The first kappa shape index (κ1) is 18.6. The summed E-state index contributed by atoms with van der Waals surface area (Å²) >= 11 is 0. The summed E-state index contributed by atoms with van der Waals surface area (Å²) in [5, 5.41) is 14.1. The first-order valence-corrected chi connectivity index (χ1v) is 8.59. The molecule has 0 spiro atoms. The van der Waals surface area contributed by atoms with E-state index in [2.05, 4.69) is 5.32 Å². The highest BCUT2D eigenvalue weighted by molar-refractivity contribution is 5.78. The van der Waals surface area contributed by atoms with Crippen molar-refractivity contribution in [3.63, 3.8) is 0 Å². The van der Waals surface area contributed by atoms with Crippen molar-refractivity contribution in [3.05, 3.63) is 63.5 Å². The number of hydrogen-bond donors (Lipinski definition) is 1. The van der Waals surface area contributed by atoms with Gasteiger partial charge in [0.05, 0.1) is 18.1 Å². The van der Waals surface area contributed by atoms with Gasteiger partial charge in [0.2, 0.25) is 5.91 Å². The maximum atomic E-state index is 13.7. The van der Waals surface area contributed by atoms with Crippen molar-refractivity contribution >= 4 is 17.3 Å². The normalized spacial score (nSPS) is 13.7. The van der Waals surface area contributed by atoms with E-state index in [4.69, 9.17) is 4.74 Å². The fourth-order valence-corrected chi connectivity index (χ4v) is 3.04. The summed E-state index contributed by atoms with van der Waals surface area (Å²) in [6.45, 7) is 1.71. The summed E-state index contributed by atoms with van der Waals surface area (Å²) in [6, 6.07) is 9.79. The van der Waals surface area contributed by atoms with E-state index in [-0.39, 0.29) is 23.0 Å². The second-order valence-corrected chi connectivity index (χ2v) is 6.35. The fourth-order valence-electron chi connectivity index (χ4n) is 3.04. The average molecular weight is 373 g/mol. The van der Waals surface area contributed by atoms with Crippen LogP contribution < -0.4 is 10.1 Å². The molecule has 0 saturated carbocycles. The lowest BCUT2D eigenvalue weighted by molar-refractivity contribution is -0.384. The second kappa shape index (κ2) is 8.03. The number of carbonyl (C=O) groups is 1.